The molecule has 0 heterocycles. The van der Waals surface area contributed by atoms with Gasteiger partial charge in [0.2, 0.25) is 0 Å². The van der Waals surface area contributed by atoms with Gasteiger partial charge in [-0.25, -0.2) is 0 Å². The first-order valence-electron chi connectivity index (χ1n) is 9.35. The molecular formula is C13H41N17O4. The Labute approximate surface area is 194 Å². The van der Waals surface area contributed by atoms with Crippen LogP contribution in [0.25, 0.3) is 0 Å². The summed E-state index contributed by atoms with van der Waals surface area (Å²) in [7, 11) is 0. The van der Waals surface area contributed by atoms with Gasteiger partial charge in [0.25, 0.3) is 0 Å². The Kier molecular flexibility index (Phi) is 8.28. The number of rotatable bonds is 12. The van der Waals surface area contributed by atoms with Crippen LogP contribution in [0.3, 0.4) is 0 Å². The molecule has 0 aliphatic rings. The molecule has 0 atom stereocenters. The van der Waals surface area contributed by atoms with Gasteiger partial charge in [0.05, 0.1) is 5.66 Å². The molecule has 0 amide bonds. The Balaban J connectivity index is 6.55. The second-order valence-corrected chi connectivity index (χ2v) is 8.96. The van der Waals surface area contributed by atoms with Gasteiger partial charge in [-0.1, -0.05) is 0 Å². The van der Waals surface area contributed by atoms with E-state index in [-0.39, 0.29) is 0 Å². The number of nitrogens with two attached hydrogens (primary N) is 17. The lowest BCUT2D eigenvalue weighted by Gasteiger charge is -2.63. The van der Waals surface area contributed by atoms with Crippen molar-refractivity contribution in [3.63, 3.8) is 0 Å². The molecule has 0 aliphatic heterocycles. The predicted molar refractivity (Wildman–Crippen MR) is 121 cm³/mol. The molecule has 34 heavy (non-hydrogen) atoms. The maximum atomic E-state index is 11.2. The van der Waals surface area contributed by atoms with Crippen molar-refractivity contribution in [1.82, 2.24) is 0 Å². The number of carbonyl (C=O) groups is 2. The van der Waals surface area contributed by atoms with Gasteiger partial charge in [-0.15, -0.1) is 0 Å². The molecule has 0 aromatic heterocycles. The maximum Gasteiger partial charge on any atom is 0.317 e. The lowest BCUT2D eigenvalue weighted by molar-refractivity contribution is -0.155. The topological polar surface area (TPSA) is 517 Å². The summed E-state index contributed by atoms with van der Waals surface area (Å²) in [5, 5.41) is 18.1. The van der Waals surface area contributed by atoms with Crippen molar-refractivity contribution in [3.05, 3.63) is 0 Å². The maximum absolute atomic E-state index is 11.2. The Morgan fingerprint density at radius 1 is 0.500 bits per heavy atom. The molecular weight excluding hydrogens is 458 g/mol. The van der Waals surface area contributed by atoms with Crippen LogP contribution in [0.1, 0.15) is 12.8 Å². The van der Waals surface area contributed by atoms with Crippen molar-refractivity contribution in [2.75, 3.05) is 0 Å². The molecule has 0 spiro atoms. The molecule has 0 saturated carbocycles. The zero-order chi connectivity index (χ0) is 28.1. The summed E-state index contributed by atoms with van der Waals surface area (Å²) >= 11 is 0. The molecule has 21 nitrogen and oxygen atoms in total. The van der Waals surface area contributed by atoms with Crippen LogP contribution >= 0.6 is 0 Å². The molecule has 202 valence electrons. The molecule has 0 unspecified atom stereocenters. The van der Waals surface area contributed by atoms with Crippen molar-refractivity contribution in [2.24, 2.45) is 103 Å². The highest BCUT2D eigenvalue weighted by Crippen LogP contribution is 2.33. The zero-order valence-electron chi connectivity index (χ0n) is 18.5. The fourth-order valence-electron chi connectivity index (χ4n) is 3.05. The Morgan fingerprint density at radius 2 is 0.765 bits per heavy atom. The lowest BCUT2D eigenvalue weighted by Crippen LogP contribution is -3.08. The van der Waals surface area contributed by atoms with Crippen LogP contribution in [0.5, 0.6) is 0 Å². The normalized spacial score (nSPS) is 15.6. The van der Waals surface area contributed by atoms with E-state index in [1.165, 1.54) is 0 Å². The zero-order valence-corrected chi connectivity index (χ0v) is 18.5. The van der Waals surface area contributed by atoms with E-state index in [1.807, 2.05) is 0 Å². The minimum Gasteiger partial charge on any atom is -0.481 e. The summed E-state index contributed by atoms with van der Waals surface area (Å²) in [6.45, 7) is 0. The molecule has 0 fully saturated rings. The van der Waals surface area contributed by atoms with Gasteiger partial charge in [0.1, 0.15) is 34.0 Å². The summed E-state index contributed by atoms with van der Waals surface area (Å²) in [5.74, 6) is -7.88. The van der Waals surface area contributed by atoms with Crippen molar-refractivity contribution in [3.8, 4) is 0 Å². The monoisotopic (exact) mass is 499 g/mol. The molecule has 0 aromatic rings. The van der Waals surface area contributed by atoms with Crippen molar-refractivity contribution in [2.45, 2.75) is 58.3 Å². The first kappa shape index (κ1) is 32.3. The highest BCUT2D eigenvalue weighted by molar-refractivity contribution is 5.92. The van der Waals surface area contributed by atoms with Gasteiger partial charge in [-0.2, -0.15) is 0 Å². The minimum absolute atomic E-state index is 0.676. The predicted octanol–water partition coefficient (Wildman–Crippen LogP) is -11.6. The third-order valence-electron chi connectivity index (χ3n) is 6.35. The summed E-state index contributed by atoms with van der Waals surface area (Å²) in [6.07, 6.45) is -1.37. The van der Waals surface area contributed by atoms with E-state index in [2.05, 4.69) is 0 Å². The average molecular weight is 500 g/mol. The molecule has 0 saturated heterocycles. The first-order valence-corrected chi connectivity index (χ1v) is 9.35. The highest BCUT2D eigenvalue weighted by atomic mass is 16.4. The molecule has 21 heteroatoms. The second kappa shape index (κ2) is 8.73. The molecule has 36 N–H and O–H groups in total. The number of hydrogen-bond acceptors (Lipinski definition) is 19. The van der Waals surface area contributed by atoms with E-state index in [0.717, 1.165) is 0 Å². The smallest absolute Gasteiger partial charge is 0.317 e. The van der Waals surface area contributed by atoms with E-state index in [9.17, 15) is 9.59 Å². The third kappa shape index (κ3) is 4.57. The van der Waals surface area contributed by atoms with Gasteiger partial charge in [-0.05, 0) is 12.8 Å². The third-order valence-corrected chi connectivity index (χ3v) is 6.35. The lowest BCUT2D eigenvalue weighted by atomic mass is 9.64. The van der Waals surface area contributed by atoms with Crippen LogP contribution in [0.15, 0.2) is 0 Å². The first-order chi connectivity index (χ1) is 14.5. The summed E-state index contributed by atoms with van der Waals surface area (Å²) in [6, 6.07) is 0. The Morgan fingerprint density at radius 3 is 1.03 bits per heavy atom. The molecule has 0 rings (SSSR count). The number of aliphatic carboxylic acids is 2. The fraction of sp³-hybridized carbons (Fsp3) is 0.846. The van der Waals surface area contributed by atoms with E-state index >= 15 is 0 Å². The van der Waals surface area contributed by atoms with E-state index in [4.69, 9.17) is 108 Å². The summed E-state index contributed by atoms with van der Waals surface area (Å²) < 4.78 is 0. The average Bonchev–Trinajstić information content (AvgIpc) is 2.58. The van der Waals surface area contributed by atoms with Gasteiger partial charge >= 0.3 is 11.9 Å². The van der Waals surface area contributed by atoms with Gasteiger partial charge in [0, 0.05) is 0 Å². The standard InChI is InChI=1S/C13H41N17O4/c14-6(15,2-1-3(4(31)32)5(33)34)7(16,17)8(18,19)9(20,21)10(22,23)11(24,25)12(26,27)13(28,29)30/h3H,1-2,14-30H2,(H,31,32)(H,33,34). The fourth-order valence-corrected chi connectivity index (χ4v) is 3.05. The van der Waals surface area contributed by atoms with Crippen LogP contribution in [0, 0.1) is 5.92 Å². The molecule has 0 aliphatic carbocycles. The van der Waals surface area contributed by atoms with Crippen LogP contribution in [0.4, 0.5) is 0 Å². The van der Waals surface area contributed by atoms with Crippen LogP contribution in [-0.4, -0.2) is 67.6 Å². The van der Waals surface area contributed by atoms with Crippen LogP contribution < -0.4 is 97.5 Å². The number of hydrogen-bond donors (Lipinski definition) is 19. The van der Waals surface area contributed by atoms with Gasteiger partial charge in [-0.3, -0.25) is 26.8 Å². The molecule has 0 aromatic carbocycles. The Bertz CT molecular complexity index is 771. The summed E-state index contributed by atoms with van der Waals surface area (Å²) in [5.41, 5.74) is 80.5. The number of carboxylic acids is 2. The largest absolute Gasteiger partial charge is 0.481 e. The quantitative estimate of drug-likeness (QED) is 0.0873. The van der Waals surface area contributed by atoms with Gasteiger partial charge < -0.3 is 90.5 Å². The highest BCUT2D eigenvalue weighted by Gasteiger charge is 2.72. The number of carboxylic acid groups (broad SMARTS) is 2. The summed E-state index contributed by atoms with van der Waals surface area (Å²) in [4.78, 5) is 22.3. The van der Waals surface area contributed by atoms with Crippen molar-refractivity contribution >= 4 is 11.9 Å². The van der Waals surface area contributed by atoms with Crippen LogP contribution in [-0.2, 0) is 9.59 Å². The molecule has 0 bridgehead atoms. The molecule has 0 radical (unpaired) electrons. The minimum atomic E-state index is -2.99. The van der Waals surface area contributed by atoms with E-state index in [0.29, 0.717) is 0 Å². The van der Waals surface area contributed by atoms with Gasteiger partial charge in [0.15, 0.2) is 11.7 Å². The van der Waals surface area contributed by atoms with Crippen molar-refractivity contribution in [1.29, 1.82) is 0 Å². The van der Waals surface area contributed by atoms with E-state index < -0.39 is 76.1 Å². The second-order valence-electron chi connectivity index (χ2n) is 8.96. The van der Waals surface area contributed by atoms with Crippen molar-refractivity contribution < 1.29 is 19.8 Å². The van der Waals surface area contributed by atoms with E-state index in [1.54, 1.807) is 0 Å². The van der Waals surface area contributed by atoms with Crippen LogP contribution in [0.2, 0.25) is 0 Å². The Hall–Kier alpha value is -1.74. The SMILES string of the molecule is NC(N)(N)C(N)(N)C(N)(N)C(N)(N)C(N)(N)C(N)(N)C(N)(N)C(N)(N)CCC(C(=O)O)C(=O)O.